The SMILES string of the molecule is C[C@@]1(C(N)=O)C(O)[C@@H](n2ccc(N)nc2=O)O[C@@H]1CO. The molecule has 1 aromatic heterocycles. The standard InChI is InChI=1S/C11H16N4O5/c1-11(9(13)18)5(4-16)20-8(7(11)17)15-3-2-6(12)14-10(15)19/h2-3,5,7-8,16-17H,4H2,1H3,(H2,13,18)(H2,12,14,19)/t5-,7?,8+,11+/m1/s1. The highest BCUT2D eigenvalue weighted by Gasteiger charge is 2.57. The average molecular weight is 284 g/mol. The fourth-order valence-corrected chi connectivity index (χ4v) is 2.25. The maximum atomic E-state index is 11.8. The number of aliphatic hydroxyl groups is 2. The maximum absolute atomic E-state index is 11.8. The van der Waals surface area contributed by atoms with Gasteiger partial charge in [-0.05, 0) is 13.0 Å². The lowest BCUT2D eigenvalue weighted by atomic mass is 9.80. The number of ether oxygens (including phenoxy) is 1. The van der Waals surface area contributed by atoms with Crippen LogP contribution in [0.15, 0.2) is 17.1 Å². The number of aliphatic hydroxyl groups excluding tert-OH is 2. The number of primary amides is 1. The molecular weight excluding hydrogens is 268 g/mol. The lowest BCUT2D eigenvalue weighted by Crippen LogP contribution is -2.50. The number of nitrogens with two attached hydrogens (primary N) is 2. The number of anilines is 1. The number of carbonyl (C=O) groups excluding carboxylic acids is 1. The van der Waals surface area contributed by atoms with Gasteiger partial charge in [0, 0.05) is 6.20 Å². The summed E-state index contributed by atoms with van der Waals surface area (Å²) in [5.74, 6) is -0.807. The largest absolute Gasteiger partial charge is 0.394 e. The van der Waals surface area contributed by atoms with E-state index >= 15 is 0 Å². The molecule has 0 aliphatic carbocycles. The van der Waals surface area contributed by atoms with E-state index in [1.165, 1.54) is 19.2 Å². The van der Waals surface area contributed by atoms with Gasteiger partial charge in [-0.1, -0.05) is 0 Å². The number of carbonyl (C=O) groups is 1. The molecule has 4 atom stereocenters. The predicted molar refractivity (Wildman–Crippen MR) is 67.2 cm³/mol. The predicted octanol–water partition coefficient (Wildman–Crippen LogP) is -2.43. The summed E-state index contributed by atoms with van der Waals surface area (Å²) in [6.45, 7) is 0.848. The van der Waals surface area contributed by atoms with Crippen LogP contribution in [0.1, 0.15) is 13.2 Å². The topological polar surface area (TPSA) is 154 Å². The molecule has 2 heterocycles. The Balaban J connectivity index is 2.45. The first-order chi connectivity index (χ1) is 9.32. The lowest BCUT2D eigenvalue weighted by Gasteiger charge is -2.27. The Morgan fingerprint density at radius 2 is 2.30 bits per heavy atom. The minimum atomic E-state index is -1.51. The van der Waals surface area contributed by atoms with Gasteiger partial charge < -0.3 is 26.4 Å². The van der Waals surface area contributed by atoms with Crippen molar-refractivity contribution in [1.29, 1.82) is 0 Å². The summed E-state index contributed by atoms with van der Waals surface area (Å²) in [7, 11) is 0. The molecule has 0 bridgehead atoms. The summed E-state index contributed by atoms with van der Waals surface area (Å²) < 4.78 is 6.39. The number of hydrogen-bond acceptors (Lipinski definition) is 7. The highest BCUT2D eigenvalue weighted by atomic mass is 16.5. The molecule has 6 N–H and O–H groups in total. The van der Waals surface area contributed by atoms with E-state index in [-0.39, 0.29) is 5.82 Å². The zero-order valence-electron chi connectivity index (χ0n) is 10.8. The van der Waals surface area contributed by atoms with Crippen molar-refractivity contribution in [3.05, 3.63) is 22.7 Å². The number of nitrogen functional groups attached to an aromatic ring is 1. The van der Waals surface area contributed by atoms with Crippen LogP contribution in [-0.4, -0.2) is 44.5 Å². The summed E-state index contributed by atoms with van der Waals surface area (Å²) in [5.41, 5.74) is 8.40. The van der Waals surface area contributed by atoms with Crippen molar-refractivity contribution >= 4 is 11.7 Å². The second-order valence-electron chi connectivity index (χ2n) is 4.83. The molecule has 2 rings (SSSR count). The van der Waals surface area contributed by atoms with E-state index in [0.29, 0.717) is 0 Å². The minimum absolute atomic E-state index is 0.0232. The molecule has 1 saturated heterocycles. The second-order valence-corrected chi connectivity index (χ2v) is 4.83. The Hall–Kier alpha value is -1.97. The number of hydrogen-bond donors (Lipinski definition) is 4. The average Bonchev–Trinajstić information content (AvgIpc) is 2.64. The summed E-state index contributed by atoms with van der Waals surface area (Å²) in [6, 6.07) is 1.35. The van der Waals surface area contributed by atoms with Gasteiger partial charge in [0.2, 0.25) is 5.91 Å². The molecule has 9 heteroatoms. The number of nitrogens with zero attached hydrogens (tertiary/aromatic N) is 2. The van der Waals surface area contributed by atoms with Crippen molar-refractivity contribution in [2.45, 2.75) is 25.4 Å². The lowest BCUT2D eigenvalue weighted by molar-refractivity contribution is -0.135. The Bertz CT molecular complexity index is 588. The van der Waals surface area contributed by atoms with Gasteiger partial charge in [-0.3, -0.25) is 9.36 Å². The molecule has 0 radical (unpaired) electrons. The van der Waals surface area contributed by atoms with Crippen LogP contribution < -0.4 is 17.2 Å². The van der Waals surface area contributed by atoms with Crippen LogP contribution in [0.5, 0.6) is 0 Å². The molecule has 9 nitrogen and oxygen atoms in total. The van der Waals surface area contributed by atoms with Gasteiger partial charge >= 0.3 is 5.69 Å². The minimum Gasteiger partial charge on any atom is -0.394 e. The summed E-state index contributed by atoms with van der Waals surface area (Å²) in [6.07, 6.45) is -2.31. The van der Waals surface area contributed by atoms with Gasteiger partial charge in [0.15, 0.2) is 6.23 Å². The highest BCUT2D eigenvalue weighted by molar-refractivity contribution is 5.82. The van der Waals surface area contributed by atoms with Crippen molar-refractivity contribution in [1.82, 2.24) is 9.55 Å². The van der Waals surface area contributed by atoms with Crippen molar-refractivity contribution in [2.75, 3.05) is 12.3 Å². The van der Waals surface area contributed by atoms with E-state index in [4.69, 9.17) is 16.2 Å². The van der Waals surface area contributed by atoms with Gasteiger partial charge in [-0.25, -0.2) is 4.79 Å². The number of rotatable bonds is 3. The highest BCUT2D eigenvalue weighted by Crippen LogP contribution is 2.42. The summed E-state index contributed by atoms with van der Waals surface area (Å²) in [4.78, 5) is 26.8. The number of aromatic nitrogens is 2. The zero-order valence-corrected chi connectivity index (χ0v) is 10.8. The Morgan fingerprint density at radius 1 is 1.65 bits per heavy atom. The van der Waals surface area contributed by atoms with Crippen LogP contribution >= 0.6 is 0 Å². The molecule has 20 heavy (non-hydrogen) atoms. The van der Waals surface area contributed by atoms with Crippen molar-refractivity contribution in [2.24, 2.45) is 11.1 Å². The third-order valence-electron chi connectivity index (χ3n) is 3.68. The molecular formula is C11H16N4O5. The van der Waals surface area contributed by atoms with E-state index in [1.54, 1.807) is 0 Å². The molecule has 110 valence electrons. The van der Waals surface area contributed by atoms with Gasteiger partial charge in [-0.15, -0.1) is 0 Å². The van der Waals surface area contributed by atoms with Crippen LogP contribution in [0, 0.1) is 5.41 Å². The molecule has 1 unspecified atom stereocenters. The first-order valence-electron chi connectivity index (χ1n) is 5.91. The maximum Gasteiger partial charge on any atom is 0.351 e. The van der Waals surface area contributed by atoms with Crippen LogP contribution in [0.4, 0.5) is 5.82 Å². The molecule has 1 amide bonds. The first kappa shape index (κ1) is 14.4. The van der Waals surface area contributed by atoms with Crippen molar-refractivity contribution in [3.8, 4) is 0 Å². The van der Waals surface area contributed by atoms with Crippen molar-refractivity contribution < 1.29 is 19.7 Å². The fraction of sp³-hybridized carbons (Fsp3) is 0.545. The van der Waals surface area contributed by atoms with Crippen LogP contribution in [0.25, 0.3) is 0 Å². The monoisotopic (exact) mass is 284 g/mol. The number of amides is 1. The third-order valence-corrected chi connectivity index (χ3v) is 3.68. The van der Waals surface area contributed by atoms with Crippen molar-refractivity contribution in [3.63, 3.8) is 0 Å². The van der Waals surface area contributed by atoms with E-state index in [0.717, 1.165) is 4.57 Å². The van der Waals surface area contributed by atoms with E-state index in [1.807, 2.05) is 0 Å². The van der Waals surface area contributed by atoms with Gasteiger partial charge in [0.05, 0.1) is 6.61 Å². The second kappa shape index (κ2) is 4.85. The molecule has 1 aromatic rings. The van der Waals surface area contributed by atoms with Gasteiger partial charge in [0.25, 0.3) is 0 Å². The molecule has 1 aliphatic rings. The Labute approximate surface area is 113 Å². The molecule has 0 spiro atoms. The van der Waals surface area contributed by atoms with Crippen LogP contribution in [-0.2, 0) is 9.53 Å². The molecule has 1 aliphatic heterocycles. The zero-order chi connectivity index (χ0) is 15.1. The molecule has 1 fully saturated rings. The quantitative estimate of drug-likeness (QED) is 0.481. The summed E-state index contributed by atoms with van der Waals surface area (Å²) >= 11 is 0. The van der Waals surface area contributed by atoms with Gasteiger partial charge in [0.1, 0.15) is 23.4 Å². The summed E-state index contributed by atoms with van der Waals surface area (Å²) in [5, 5.41) is 19.6. The normalized spacial score (nSPS) is 33.2. The molecule has 0 aromatic carbocycles. The van der Waals surface area contributed by atoms with E-state index in [9.17, 15) is 19.8 Å². The van der Waals surface area contributed by atoms with Gasteiger partial charge in [-0.2, -0.15) is 4.98 Å². The first-order valence-corrected chi connectivity index (χ1v) is 5.91. The van der Waals surface area contributed by atoms with E-state index in [2.05, 4.69) is 4.98 Å². The van der Waals surface area contributed by atoms with Crippen LogP contribution in [0.2, 0.25) is 0 Å². The third kappa shape index (κ3) is 1.96. The smallest absolute Gasteiger partial charge is 0.351 e. The Morgan fingerprint density at radius 3 is 2.75 bits per heavy atom. The fourth-order valence-electron chi connectivity index (χ4n) is 2.25. The van der Waals surface area contributed by atoms with Crippen LogP contribution in [0.3, 0.4) is 0 Å². The van der Waals surface area contributed by atoms with E-state index < -0.39 is 42.1 Å². The Kier molecular flexibility index (Phi) is 3.50. The molecule has 0 saturated carbocycles.